The second kappa shape index (κ2) is 1.85. The first-order valence-corrected chi connectivity index (χ1v) is 2.95. The molecular formula is C5H6NTi. The molecule has 7 heavy (non-hydrogen) atoms. The van der Waals surface area contributed by atoms with Gasteiger partial charge in [-0.25, -0.2) is 0 Å². The van der Waals surface area contributed by atoms with Crippen LogP contribution >= 0.6 is 0 Å². The minimum absolute atomic E-state index is 0.944. The monoisotopic (exact) mass is 128 g/mol. The van der Waals surface area contributed by atoms with E-state index in [0.717, 1.165) is 12.1 Å². The maximum atomic E-state index is 5.47. The van der Waals surface area contributed by atoms with Gasteiger partial charge in [-0.15, -0.1) is 0 Å². The quantitative estimate of drug-likeness (QED) is 0.476. The van der Waals surface area contributed by atoms with Crippen LogP contribution in [-0.2, 0) is 20.4 Å². The number of rotatable bonds is 0. The number of nitrogens with two attached hydrogens (primary N) is 1. The molecule has 0 bridgehead atoms. The molecule has 1 rings (SSSR count). The summed E-state index contributed by atoms with van der Waals surface area (Å²) in [7, 11) is 0. The predicted octanol–water partition coefficient (Wildman–Crippen LogP) is 0.663. The Labute approximate surface area is 54.7 Å². The van der Waals surface area contributed by atoms with Gasteiger partial charge in [0.25, 0.3) is 0 Å². The second-order valence-electron chi connectivity index (χ2n) is 1.54. The molecule has 2 heteroatoms. The van der Waals surface area contributed by atoms with Gasteiger partial charge in [0.1, 0.15) is 0 Å². The first kappa shape index (κ1) is 5.14. The van der Waals surface area contributed by atoms with E-state index in [0.29, 0.717) is 0 Å². The van der Waals surface area contributed by atoms with E-state index in [1.54, 1.807) is 0 Å². The second-order valence-corrected chi connectivity index (χ2v) is 2.48. The summed E-state index contributed by atoms with van der Waals surface area (Å²) in [4.78, 5) is 0. The molecular weight excluding hydrogens is 122 g/mol. The molecule has 0 heterocycles. The maximum absolute atomic E-state index is 5.47. The van der Waals surface area contributed by atoms with E-state index >= 15 is 0 Å². The zero-order valence-corrected chi connectivity index (χ0v) is 5.50. The van der Waals surface area contributed by atoms with Crippen LogP contribution in [-0.4, -0.2) is 0 Å². The summed E-state index contributed by atoms with van der Waals surface area (Å²) < 4.78 is 1.29. The third-order valence-electron chi connectivity index (χ3n) is 0.968. The average molecular weight is 128 g/mol. The molecule has 0 amide bonds. The molecule has 0 radical (unpaired) electrons. The Bertz CT molecular complexity index is 135. The zero-order valence-electron chi connectivity index (χ0n) is 3.94. The summed E-state index contributed by atoms with van der Waals surface area (Å²) >= 11 is 2.05. The van der Waals surface area contributed by atoms with Crippen molar-refractivity contribution in [2.45, 2.75) is 6.42 Å². The Morgan fingerprint density at radius 1 is 1.71 bits per heavy atom. The molecule has 0 spiro atoms. The van der Waals surface area contributed by atoms with E-state index < -0.39 is 0 Å². The fourth-order valence-electron chi connectivity index (χ4n) is 0.522. The van der Waals surface area contributed by atoms with Gasteiger partial charge in [0.15, 0.2) is 0 Å². The van der Waals surface area contributed by atoms with Crippen LogP contribution in [0, 0.1) is 0 Å². The SMILES string of the molecule is NC1=[C]([Ti])CC=C1. The van der Waals surface area contributed by atoms with Crippen molar-refractivity contribution in [3.05, 3.63) is 21.7 Å². The van der Waals surface area contributed by atoms with Crippen LogP contribution in [0.4, 0.5) is 0 Å². The van der Waals surface area contributed by atoms with Crippen molar-refractivity contribution in [1.82, 2.24) is 0 Å². The normalized spacial score (nSPS) is 18.7. The third-order valence-corrected chi connectivity index (χ3v) is 1.74. The fourth-order valence-corrected chi connectivity index (χ4v) is 0.836. The summed E-state index contributed by atoms with van der Waals surface area (Å²) in [5.41, 5.74) is 6.42. The topological polar surface area (TPSA) is 26.0 Å². The van der Waals surface area contributed by atoms with Gasteiger partial charge < -0.3 is 0 Å². The summed E-state index contributed by atoms with van der Waals surface area (Å²) in [6, 6.07) is 0. The molecule has 0 atom stereocenters. The van der Waals surface area contributed by atoms with Crippen LogP contribution in [0.2, 0.25) is 0 Å². The Morgan fingerprint density at radius 2 is 2.43 bits per heavy atom. The Hall–Kier alpha value is -0.00571. The van der Waals surface area contributed by atoms with E-state index in [9.17, 15) is 0 Å². The van der Waals surface area contributed by atoms with Crippen LogP contribution in [0.15, 0.2) is 21.7 Å². The Balaban J connectivity index is 2.79. The Morgan fingerprint density at radius 3 is 2.57 bits per heavy atom. The average Bonchev–Trinajstić information content (AvgIpc) is 1.91. The van der Waals surface area contributed by atoms with E-state index in [-0.39, 0.29) is 0 Å². The summed E-state index contributed by atoms with van der Waals surface area (Å²) in [5, 5.41) is 0. The standard InChI is InChI=1S/C5H6N.Ti/c6-5-3-1-2-4-5;/h1,3H,2,6H2;. The van der Waals surface area contributed by atoms with Crippen molar-refractivity contribution < 1.29 is 20.4 Å². The summed E-state index contributed by atoms with van der Waals surface area (Å²) in [6.07, 6.45) is 5.08. The number of hydrogen-bond acceptors (Lipinski definition) is 1. The van der Waals surface area contributed by atoms with Crippen LogP contribution in [0.5, 0.6) is 0 Å². The van der Waals surface area contributed by atoms with Crippen LogP contribution in [0.25, 0.3) is 0 Å². The van der Waals surface area contributed by atoms with E-state index in [1.165, 1.54) is 3.88 Å². The van der Waals surface area contributed by atoms with Crippen molar-refractivity contribution in [2.75, 3.05) is 0 Å². The van der Waals surface area contributed by atoms with Crippen LogP contribution in [0.3, 0.4) is 0 Å². The zero-order chi connectivity index (χ0) is 5.28. The molecule has 0 aliphatic heterocycles. The minimum atomic E-state index is 0.944. The van der Waals surface area contributed by atoms with Crippen molar-refractivity contribution in [3.8, 4) is 0 Å². The van der Waals surface area contributed by atoms with Crippen molar-refractivity contribution in [3.63, 3.8) is 0 Å². The predicted molar refractivity (Wildman–Crippen MR) is 25.0 cm³/mol. The molecule has 35 valence electrons. The van der Waals surface area contributed by atoms with Gasteiger partial charge in [0.2, 0.25) is 0 Å². The van der Waals surface area contributed by atoms with Gasteiger partial charge in [-0.1, -0.05) is 0 Å². The van der Waals surface area contributed by atoms with E-state index in [1.807, 2.05) is 6.08 Å². The number of hydrogen-bond donors (Lipinski definition) is 1. The van der Waals surface area contributed by atoms with Gasteiger partial charge >= 0.3 is 54.3 Å². The fraction of sp³-hybridized carbons (Fsp3) is 0.200. The molecule has 0 saturated carbocycles. The van der Waals surface area contributed by atoms with Gasteiger partial charge in [0, 0.05) is 0 Å². The van der Waals surface area contributed by atoms with E-state index in [2.05, 4.69) is 26.5 Å². The summed E-state index contributed by atoms with van der Waals surface area (Å²) in [6.45, 7) is 0. The van der Waals surface area contributed by atoms with Crippen molar-refractivity contribution in [2.24, 2.45) is 5.73 Å². The molecule has 0 aromatic carbocycles. The molecule has 0 aromatic heterocycles. The molecule has 0 aromatic rings. The van der Waals surface area contributed by atoms with Crippen molar-refractivity contribution in [1.29, 1.82) is 0 Å². The third kappa shape index (κ3) is 0.957. The first-order chi connectivity index (χ1) is 3.30. The molecule has 2 N–H and O–H groups in total. The van der Waals surface area contributed by atoms with E-state index in [4.69, 9.17) is 5.73 Å². The molecule has 0 saturated heterocycles. The van der Waals surface area contributed by atoms with Gasteiger partial charge in [0.05, 0.1) is 0 Å². The molecule has 0 unspecified atom stereocenters. The molecule has 0 fully saturated rings. The van der Waals surface area contributed by atoms with Gasteiger partial charge in [-0.05, 0) is 0 Å². The summed E-state index contributed by atoms with van der Waals surface area (Å²) in [5.74, 6) is 0. The van der Waals surface area contributed by atoms with Crippen molar-refractivity contribution >= 4 is 0 Å². The van der Waals surface area contributed by atoms with Gasteiger partial charge in [-0.3, -0.25) is 0 Å². The molecule has 1 aliphatic carbocycles. The first-order valence-electron chi connectivity index (χ1n) is 2.17. The molecule has 1 aliphatic rings. The Kier molecular flexibility index (Phi) is 1.36. The number of allylic oxidation sites excluding steroid dienone is 3. The van der Waals surface area contributed by atoms with Crippen LogP contribution < -0.4 is 5.73 Å². The van der Waals surface area contributed by atoms with Gasteiger partial charge in [-0.2, -0.15) is 0 Å². The molecule has 1 nitrogen and oxygen atoms in total. The van der Waals surface area contributed by atoms with Crippen LogP contribution in [0.1, 0.15) is 6.42 Å².